The number of amides is 1. The number of benzene rings is 1. The first-order valence-electron chi connectivity index (χ1n) is 6.66. The standard InChI is InChI=1S/C15H21N3O2/c1-15(2,9-19)18-14(20)12(16)7-10-8-17-13-6-4-3-5-11(10)13/h3-6,8,12,17,19H,7,9,16H2,1-2H3,(H,18,20)/t12-/m0/s1. The Bertz CT molecular complexity index is 604. The van der Waals surface area contributed by atoms with Crippen molar-refractivity contribution in [1.29, 1.82) is 0 Å². The highest BCUT2D eigenvalue weighted by atomic mass is 16.3. The van der Waals surface area contributed by atoms with Crippen molar-refractivity contribution < 1.29 is 9.90 Å². The Hall–Kier alpha value is -1.85. The summed E-state index contributed by atoms with van der Waals surface area (Å²) in [7, 11) is 0. The Labute approximate surface area is 118 Å². The first-order valence-corrected chi connectivity index (χ1v) is 6.66. The lowest BCUT2D eigenvalue weighted by Crippen LogP contribution is -2.52. The van der Waals surface area contributed by atoms with Gasteiger partial charge in [-0.15, -0.1) is 0 Å². The number of carbonyl (C=O) groups is 1. The van der Waals surface area contributed by atoms with Crippen molar-refractivity contribution in [3.63, 3.8) is 0 Å². The highest BCUT2D eigenvalue weighted by Crippen LogP contribution is 2.18. The summed E-state index contributed by atoms with van der Waals surface area (Å²) in [6.45, 7) is 3.38. The third-order valence-corrected chi connectivity index (χ3v) is 3.31. The van der Waals surface area contributed by atoms with E-state index in [1.54, 1.807) is 13.8 Å². The van der Waals surface area contributed by atoms with Gasteiger partial charge < -0.3 is 21.1 Å². The highest BCUT2D eigenvalue weighted by Gasteiger charge is 2.23. The summed E-state index contributed by atoms with van der Waals surface area (Å²) in [6, 6.07) is 7.27. The number of H-pyrrole nitrogens is 1. The van der Waals surface area contributed by atoms with E-state index in [-0.39, 0.29) is 12.5 Å². The molecule has 0 saturated heterocycles. The Morgan fingerprint density at radius 3 is 2.85 bits per heavy atom. The van der Waals surface area contributed by atoms with E-state index in [0.717, 1.165) is 16.5 Å². The van der Waals surface area contributed by atoms with Gasteiger partial charge in [-0.25, -0.2) is 0 Å². The number of aliphatic hydroxyl groups excluding tert-OH is 1. The predicted molar refractivity (Wildman–Crippen MR) is 79.3 cm³/mol. The minimum Gasteiger partial charge on any atom is -0.394 e. The van der Waals surface area contributed by atoms with Gasteiger partial charge in [0.1, 0.15) is 0 Å². The molecule has 1 amide bonds. The van der Waals surface area contributed by atoms with E-state index >= 15 is 0 Å². The molecule has 20 heavy (non-hydrogen) atoms. The number of carbonyl (C=O) groups excluding carboxylic acids is 1. The van der Waals surface area contributed by atoms with Crippen molar-refractivity contribution in [3.05, 3.63) is 36.0 Å². The summed E-state index contributed by atoms with van der Waals surface area (Å²) in [5.74, 6) is -0.255. The summed E-state index contributed by atoms with van der Waals surface area (Å²) in [6.07, 6.45) is 2.34. The maximum Gasteiger partial charge on any atom is 0.237 e. The molecule has 0 spiro atoms. The number of fused-ring (bicyclic) bond motifs is 1. The molecule has 0 fully saturated rings. The van der Waals surface area contributed by atoms with Crippen LogP contribution in [0.5, 0.6) is 0 Å². The van der Waals surface area contributed by atoms with Crippen LogP contribution in [-0.2, 0) is 11.2 Å². The lowest BCUT2D eigenvalue weighted by molar-refractivity contribution is -0.124. The quantitative estimate of drug-likeness (QED) is 0.654. The van der Waals surface area contributed by atoms with Gasteiger partial charge in [0.05, 0.1) is 18.2 Å². The summed E-state index contributed by atoms with van der Waals surface area (Å²) in [4.78, 5) is 15.2. The topological polar surface area (TPSA) is 91.1 Å². The van der Waals surface area contributed by atoms with Gasteiger partial charge in [0.15, 0.2) is 0 Å². The molecule has 1 aromatic carbocycles. The minimum absolute atomic E-state index is 0.126. The van der Waals surface area contributed by atoms with Crippen molar-refractivity contribution in [3.8, 4) is 0 Å². The number of aromatic nitrogens is 1. The Kier molecular flexibility index (Phi) is 4.11. The molecule has 0 saturated carbocycles. The van der Waals surface area contributed by atoms with Gasteiger partial charge in [-0.1, -0.05) is 18.2 Å². The molecule has 1 aromatic heterocycles. The number of para-hydroxylation sites is 1. The van der Waals surface area contributed by atoms with Crippen LogP contribution in [0.25, 0.3) is 10.9 Å². The fourth-order valence-corrected chi connectivity index (χ4v) is 2.10. The average molecular weight is 275 g/mol. The normalized spacial score (nSPS) is 13.4. The highest BCUT2D eigenvalue weighted by molar-refractivity contribution is 5.86. The van der Waals surface area contributed by atoms with Gasteiger partial charge in [0.25, 0.3) is 0 Å². The first kappa shape index (κ1) is 14.6. The number of hydrogen-bond donors (Lipinski definition) is 4. The molecule has 0 aliphatic rings. The fourth-order valence-electron chi connectivity index (χ4n) is 2.10. The van der Waals surface area contributed by atoms with Crippen LogP contribution < -0.4 is 11.1 Å². The van der Waals surface area contributed by atoms with Crippen molar-refractivity contribution in [1.82, 2.24) is 10.3 Å². The number of nitrogens with two attached hydrogens (primary N) is 1. The summed E-state index contributed by atoms with van der Waals surface area (Å²) in [5, 5.41) is 13.0. The lowest BCUT2D eigenvalue weighted by atomic mass is 10.0. The van der Waals surface area contributed by atoms with Crippen LogP contribution in [-0.4, -0.2) is 34.2 Å². The van der Waals surface area contributed by atoms with Crippen molar-refractivity contribution in [2.24, 2.45) is 5.73 Å². The second kappa shape index (κ2) is 5.64. The van der Waals surface area contributed by atoms with Crippen molar-refractivity contribution >= 4 is 16.8 Å². The number of aliphatic hydroxyl groups is 1. The summed E-state index contributed by atoms with van der Waals surface area (Å²) < 4.78 is 0. The Morgan fingerprint density at radius 1 is 1.45 bits per heavy atom. The van der Waals surface area contributed by atoms with Crippen LogP contribution in [0.1, 0.15) is 19.4 Å². The van der Waals surface area contributed by atoms with E-state index in [1.807, 2.05) is 30.5 Å². The molecule has 0 radical (unpaired) electrons. The predicted octanol–water partition coefficient (Wildman–Crippen LogP) is 0.925. The van der Waals surface area contributed by atoms with Crippen LogP contribution in [0, 0.1) is 0 Å². The van der Waals surface area contributed by atoms with Crippen LogP contribution in [0.15, 0.2) is 30.5 Å². The molecule has 1 atom stereocenters. The van der Waals surface area contributed by atoms with Crippen LogP contribution in [0.2, 0.25) is 0 Å². The Morgan fingerprint density at radius 2 is 2.15 bits per heavy atom. The van der Waals surface area contributed by atoms with Crippen LogP contribution >= 0.6 is 0 Å². The van der Waals surface area contributed by atoms with Gasteiger partial charge in [-0.05, 0) is 31.9 Å². The SMILES string of the molecule is CC(C)(CO)NC(=O)[C@@H](N)Cc1c[nH]c2ccccc12. The molecule has 108 valence electrons. The van der Waals surface area contributed by atoms with Crippen LogP contribution in [0.3, 0.4) is 0 Å². The molecule has 5 nitrogen and oxygen atoms in total. The zero-order valence-electron chi connectivity index (χ0n) is 11.8. The average Bonchev–Trinajstić information content (AvgIpc) is 2.82. The molecular formula is C15H21N3O2. The molecule has 5 heteroatoms. The zero-order chi connectivity index (χ0) is 14.8. The molecule has 2 rings (SSSR count). The molecule has 1 heterocycles. The first-order chi connectivity index (χ1) is 9.43. The maximum atomic E-state index is 12.0. The van der Waals surface area contributed by atoms with Gasteiger partial charge in [-0.2, -0.15) is 0 Å². The van der Waals surface area contributed by atoms with E-state index in [4.69, 9.17) is 10.8 Å². The van der Waals surface area contributed by atoms with Crippen molar-refractivity contribution in [2.45, 2.75) is 31.8 Å². The lowest BCUT2D eigenvalue weighted by Gasteiger charge is -2.25. The number of rotatable bonds is 5. The number of nitrogens with one attached hydrogen (secondary N) is 2. The van der Waals surface area contributed by atoms with Gasteiger partial charge >= 0.3 is 0 Å². The smallest absolute Gasteiger partial charge is 0.237 e. The molecule has 0 aliphatic heterocycles. The number of aromatic amines is 1. The van der Waals surface area contributed by atoms with Gasteiger partial charge in [0, 0.05) is 17.1 Å². The third kappa shape index (κ3) is 3.18. The molecule has 0 bridgehead atoms. The fraction of sp³-hybridized carbons (Fsp3) is 0.400. The van der Waals surface area contributed by atoms with E-state index in [2.05, 4.69) is 10.3 Å². The molecule has 2 aromatic rings. The second-order valence-electron chi connectivity index (χ2n) is 5.70. The van der Waals surface area contributed by atoms with Gasteiger partial charge in [0.2, 0.25) is 5.91 Å². The monoisotopic (exact) mass is 275 g/mol. The number of hydrogen-bond acceptors (Lipinski definition) is 3. The molecule has 5 N–H and O–H groups in total. The van der Waals surface area contributed by atoms with Crippen LogP contribution in [0.4, 0.5) is 0 Å². The largest absolute Gasteiger partial charge is 0.394 e. The minimum atomic E-state index is -0.658. The summed E-state index contributed by atoms with van der Waals surface area (Å²) >= 11 is 0. The zero-order valence-corrected chi connectivity index (χ0v) is 11.8. The summed E-state index contributed by atoms with van der Waals surface area (Å²) in [5.41, 5.74) is 7.35. The third-order valence-electron chi connectivity index (χ3n) is 3.31. The molecular weight excluding hydrogens is 254 g/mol. The van der Waals surface area contributed by atoms with Crippen molar-refractivity contribution in [2.75, 3.05) is 6.61 Å². The van der Waals surface area contributed by atoms with E-state index in [0.29, 0.717) is 6.42 Å². The van der Waals surface area contributed by atoms with E-state index in [1.165, 1.54) is 0 Å². The molecule has 0 unspecified atom stereocenters. The Balaban J connectivity index is 2.08. The van der Waals surface area contributed by atoms with Gasteiger partial charge in [-0.3, -0.25) is 4.79 Å². The molecule has 0 aliphatic carbocycles. The second-order valence-corrected chi connectivity index (χ2v) is 5.70. The van der Waals surface area contributed by atoms with E-state index in [9.17, 15) is 4.79 Å². The van der Waals surface area contributed by atoms with E-state index < -0.39 is 11.6 Å². The maximum absolute atomic E-state index is 12.0.